The van der Waals surface area contributed by atoms with Crippen LogP contribution in [0.1, 0.15) is 38.8 Å². The minimum absolute atomic E-state index is 0.0806. The van der Waals surface area contributed by atoms with Crippen molar-refractivity contribution in [2.45, 2.75) is 6.92 Å². The molecule has 0 N–H and O–H groups in total. The fraction of sp³-hybridized carbons (Fsp3) is 0.143. The number of hydrogen-bond acceptors (Lipinski definition) is 8. The lowest BCUT2D eigenvalue weighted by atomic mass is 10.1. The van der Waals surface area contributed by atoms with Crippen LogP contribution in [0.15, 0.2) is 49.6 Å². The van der Waals surface area contributed by atoms with Gasteiger partial charge in [0.2, 0.25) is 0 Å². The maximum atomic E-state index is 11.5. The summed E-state index contributed by atoms with van der Waals surface area (Å²) in [5.41, 5.74) is 1.16. The van der Waals surface area contributed by atoms with Crippen molar-refractivity contribution in [2.75, 3.05) is 13.7 Å². The van der Waals surface area contributed by atoms with Crippen LogP contribution < -0.4 is 0 Å². The van der Waals surface area contributed by atoms with E-state index in [1.807, 2.05) is 0 Å². The maximum absolute atomic E-state index is 11.5. The number of nitro groups is 2. The zero-order valence-corrected chi connectivity index (χ0v) is 16.9. The molecule has 2 aromatic rings. The van der Waals surface area contributed by atoms with Crippen molar-refractivity contribution in [1.82, 2.24) is 0 Å². The number of rotatable bonds is 7. The maximum Gasteiger partial charge on any atom is 0.338 e. The van der Waals surface area contributed by atoms with E-state index in [1.54, 1.807) is 6.92 Å². The van der Waals surface area contributed by atoms with E-state index >= 15 is 0 Å². The highest BCUT2D eigenvalue weighted by Crippen LogP contribution is 2.20. The Bertz CT molecular complexity index is 1030. The highest BCUT2D eigenvalue weighted by molar-refractivity contribution is 5.94. The zero-order valence-electron chi connectivity index (χ0n) is 16.9. The molecule has 0 fully saturated rings. The average molecular weight is 428 g/mol. The molecule has 2 aromatic carbocycles. The van der Waals surface area contributed by atoms with Crippen LogP contribution in [0.2, 0.25) is 0 Å². The number of carbonyl (C=O) groups excluding carboxylic acids is 2. The molecule has 0 aliphatic rings. The van der Waals surface area contributed by atoms with E-state index in [-0.39, 0.29) is 29.1 Å². The van der Waals surface area contributed by atoms with Gasteiger partial charge >= 0.3 is 11.9 Å². The van der Waals surface area contributed by atoms with Crippen LogP contribution in [0.3, 0.4) is 0 Å². The van der Waals surface area contributed by atoms with Crippen molar-refractivity contribution < 1.29 is 28.9 Å². The summed E-state index contributed by atoms with van der Waals surface area (Å²) < 4.78 is 9.34. The van der Waals surface area contributed by atoms with Gasteiger partial charge in [-0.15, -0.1) is 0 Å². The molecule has 10 nitrogen and oxygen atoms in total. The summed E-state index contributed by atoms with van der Waals surface area (Å²) in [7, 11) is 1.25. The van der Waals surface area contributed by atoms with Gasteiger partial charge in [0.05, 0.1) is 34.7 Å². The lowest BCUT2D eigenvalue weighted by molar-refractivity contribution is -0.385. The van der Waals surface area contributed by atoms with E-state index < -0.39 is 21.8 Å². The molecule has 0 aliphatic heterocycles. The second kappa shape index (κ2) is 11.6. The predicted octanol–water partition coefficient (Wildman–Crippen LogP) is 4.44. The van der Waals surface area contributed by atoms with Crippen molar-refractivity contribution in [2.24, 2.45) is 0 Å². The Labute approximate surface area is 177 Å². The normalized spacial score (nSPS) is 9.48. The van der Waals surface area contributed by atoms with Gasteiger partial charge in [0.25, 0.3) is 11.4 Å². The number of nitro benzene ring substituents is 2. The van der Waals surface area contributed by atoms with Crippen molar-refractivity contribution in [1.29, 1.82) is 0 Å². The van der Waals surface area contributed by atoms with Crippen molar-refractivity contribution in [3.05, 3.63) is 92.0 Å². The molecule has 0 bridgehead atoms. The SMILES string of the molecule is C=Cc1cc([N+](=O)[O-])ccc1C(=O)OC.C=Cc1cc([N+](=O)[O-])ccc1C(=O)OCC. The van der Waals surface area contributed by atoms with Crippen LogP contribution >= 0.6 is 0 Å². The van der Waals surface area contributed by atoms with Crippen LogP contribution in [0.4, 0.5) is 11.4 Å². The Morgan fingerprint density at radius 3 is 1.65 bits per heavy atom. The molecule has 31 heavy (non-hydrogen) atoms. The quantitative estimate of drug-likeness (QED) is 0.358. The van der Waals surface area contributed by atoms with Gasteiger partial charge in [-0.1, -0.05) is 25.3 Å². The van der Waals surface area contributed by atoms with Crippen LogP contribution in [0.25, 0.3) is 12.2 Å². The first-order chi connectivity index (χ1) is 14.7. The van der Waals surface area contributed by atoms with Gasteiger partial charge in [0.15, 0.2) is 0 Å². The molecule has 162 valence electrons. The Kier molecular flexibility index (Phi) is 9.25. The Hall–Kier alpha value is -4.34. The summed E-state index contributed by atoms with van der Waals surface area (Å²) in [6, 6.07) is 7.80. The predicted molar refractivity (Wildman–Crippen MR) is 114 cm³/mol. The third-order valence-electron chi connectivity index (χ3n) is 3.83. The molecule has 0 radical (unpaired) electrons. The second-order valence-electron chi connectivity index (χ2n) is 5.68. The third kappa shape index (κ3) is 6.60. The molecule has 0 heterocycles. The summed E-state index contributed by atoms with van der Waals surface area (Å²) in [6.45, 7) is 8.93. The molecule has 0 saturated heterocycles. The van der Waals surface area contributed by atoms with Crippen LogP contribution in [0, 0.1) is 20.2 Å². The van der Waals surface area contributed by atoms with E-state index in [9.17, 15) is 29.8 Å². The lowest BCUT2D eigenvalue weighted by Gasteiger charge is -2.04. The van der Waals surface area contributed by atoms with Gasteiger partial charge in [0.1, 0.15) is 0 Å². The highest BCUT2D eigenvalue weighted by Gasteiger charge is 2.15. The summed E-state index contributed by atoms with van der Waals surface area (Å²) >= 11 is 0. The van der Waals surface area contributed by atoms with Gasteiger partial charge in [-0.05, 0) is 30.2 Å². The first-order valence-corrected chi connectivity index (χ1v) is 8.77. The number of methoxy groups -OCH3 is 1. The highest BCUT2D eigenvalue weighted by atomic mass is 16.6. The fourth-order valence-electron chi connectivity index (χ4n) is 2.36. The average Bonchev–Trinajstić information content (AvgIpc) is 2.77. The first-order valence-electron chi connectivity index (χ1n) is 8.77. The van der Waals surface area contributed by atoms with Gasteiger partial charge in [0, 0.05) is 24.3 Å². The van der Waals surface area contributed by atoms with Crippen molar-refractivity contribution in [3.63, 3.8) is 0 Å². The van der Waals surface area contributed by atoms with E-state index in [0.29, 0.717) is 11.1 Å². The molecule has 0 amide bonds. The van der Waals surface area contributed by atoms with E-state index in [0.717, 1.165) is 0 Å². The minimum atomic E-state index is -0.542. The first kappa shape index (κ1) is 24.7. The number of ether oxygens (including phenoxy) is 2. The molecule has 0 aromatic heterocycles. The molecule has 10 heteroatoms. The van der Waals surface area contributed by atoms with Gasteiger partial charge in [-0.25, -0.2) is 9.59 Å². The number of benzene rings is 2. The van der Waals surface area contributed by atoms with Gasteiger partial charge in [-0.3, -0.25) is 20.2 Å². The second-order valence-corrected chi connectivity index (χ2v) is 5.68. The summed E-state index contributed by atoms with van der Waals surface area (Å²) in [6.07, 6.45) is 2.76. The summed E-state index contributed by atoms with van der Waals surface area (Å²) in [5, 5.41) is 21.0. The Morgan fingerprint density at radius 1 is 0.903 bits per heavy atom. The Balaban J connectivity index is 0.000000311. The smallest absolute Gasteiger partial charge is 0.338 e. The standard InChI is InChI=1S/C11H11NO4.C10H9NO4/c1-3-8-7-9(12(14)15)5-6-10(8)11(13)16-4-2;1-3-7-6-8(11(13)14)4-5-9(7)10(12)15-2/h3,5-7H,1,4H2,2H3;3-6H,1H2,2H3. The van der Waals surface area contributed by atoms with Crippen LogP contribution in [-0.4, -0.2) is 35.5 Å². The fourth-order valence-corrected chi connectivity index (χ4v) is 2.36. The number of esters is 2. The zero-order chi connectivity index (χ0) is 23.6. The number of nitrogens with zero attached hydrogens (tertiary/aromatic N) is 2. The monoisotopic (exact) mass is 428 g/mol. The molecule has 0 aliphatic carbocycles. The van der Waals surface area contributed by atoms with Crippen LogP contribution in [0.5, 0.6) is 0 Å². The molecule has 0 saturated carbocycles. The van der Waals surface area contributed by atoms with E-state index in [1.165, 1.54) is 55.7 Å². The summed E-state index contributed by atoms with van der Waals surface area (Å²) in [4.78, 5) is 42.6. The molecule has 2 rings (SSSR count). The minimum Gasteiger partial charge on any atom is -0.465 e. The Morgan fingerprint density at radius 2 is 1.32 bits per heavy atom. The molecule has 0 atom stereocenters. The third-order valence-corrected chi connectivity index (χ3v) is 3.83. The molecular formula is C21H20N2O8. The number of hydrogen-bond donors (Lipinski definition) is 0. The molecule has 0 spiro atoms. The van der Waals surface area contributed by atoms with E-state index in [4.69, 9.17) is 4.74 Å². The molecular weight excluding hydrogens is 408 g/mol. The lowest BCUT2D eigenvalue weighted by Crippen LogP contribution is -2.06. The summed E-state index contributed by atoms with van der Waals surface area (Å²) in [5.74, 6) is -1.05. The number of non-ortho nitro benzene ring substituents is 2. The van der Waals surface area contributed by atoms with Gasteiger partial charge < -0.3 is 9.47 Å². The largest absolute Gasteiger partial charge is 0.465 e. The topological polar surface area (TPSA) is 139 Å². The number of carbonyl (C=O) groups is 2. The van der Waals surface area contributed by atoms with Gasteiger partial charge in [-0.2, -0.15) is 0 Å². The van der Waals surface area contributed by atoms with E-state index in [2.05, 4.69) is 17.9 Å². The van der Waals surface area contributed by atoms with Crippen LogP contribution in [-0.2, 0) is 9.47 Å². The van der Waals surface area contributed by atoms with Crippen molar-refractivity contribution >= 4 is 35.5 Å². The van der Waals surface area contributed by atoms with Crippen molar-refractivity contribution in [3.8, 4) is 0 Å². The molecule has 0 unspecified atom stereocenters.